The Labute approximate surface area is 122 Å². The van der Waals surface area contributed by atoms with Gasteiger partial charge in [-0.1, -0.05) is 26.0 Å². The third kappa shape index (κ3) is 4.41. The molecule has 0 amide bonds. The fourth-order valence-corrected chi connectivity index (χ4v) is 2.09. The van der Waals surface area contributed by atoms with Crippen LogP contribution in [0.4, 0.5) is 5.69 Å². The van der Waals surface area contributed by atoms with Crippen molar-refractivity contribution in [2.45, 2.75) is 33.6 Å². The molecule has 0 aromatic heterocycles. The van der Waals surface area contributed by atoms with Crippen molar-refractivity contribution < 1.29 is 9.53 Å². The van der Waals surface area contributed by atoms with Gasteiger partial charge >= 0.3 is 0 Å². The van der Waals surface area contributed by atoms with Gasteiger partial charge in [0.15, 0.2) is 5.78 Å². The molecule has 0 atom stereocenters. The van der Waals surface area contributed by atoms with E-state index in [9.17, 15) is 4.79 Å². The van der Waals surface area contributed by atoms with Crippen molar-refractivity contribution in [3.8, 4) is 5.75 Å². The molecule has 3 heteroatoms. The highest BCUT2D eigenvalue weighted by Gasteiger charge is 2.12. The van der Waals surface area contributed by atoms with Crippen LogP contribution in [0.5, 0.6) is 5.75 Å². The van der Waals surface area contributed by atoms with Gasteiger partial charge in [0.1, 0.15) is 12.4 Å². The number of ketones is 1. The largest absolute Gasteiger partial charge is 0.489 e. The molecule has 110 valence electrons. The predicted octanol–water partition coefficient (Wildman–Crippen LogP) is 4.08. The van der Waals surface area contributed by atoms with Crippen LogP contribution in [0, 0.1) is 0 Å². The summed E-state index contributed by atoms with van der Waals surface area (Å²) in [5.74, 6) is 0.664. The van der Waals surface area contributed by atoms with Gasteiger partial charge in [0.05, 0.1) is 5.56 Å². The van der Waals surface area contributed by atoms with E-state index < -0.39 is 0 Å². The van der Waals surface area contributed by atoms with Crippen LogP contribution >= 0.6 is 0 Å². The lowest BCUT2D eigenvalue weighted by Crippen LogP contribution is -2.23. The van der Waals surface area contributed by atoms with Gasteiger partial charge < -0.3 is 9.64 Å². The highest BCUT2D eigenvalue weighted by Crippen LogP contribution is 2.26. The SMILES string of the molecule is C=CCOc1cc(N(CC)CCCC)ccc1C(C)=O. The molecular weight excluding hydrogens is 250 g/mol. The highest BCUT2D eigenvalue weighted by atomic mass is 16.5. The molecule has 1 aromatic carbocycles. The Morgan fingerprint density at radius 1 is 1.40 bits per heavy atom. The molecule has 0 radical (unpaired) electrons. The highest BCUT2D eigenvalue weighted by molar-refractivity contribution is 5.97. The second-order valence-corrected chi connectivity index (χ2v) is 4.77. The Bertz CT molecular complexity index is 454. The molecule has 0 bridgehead atoms. The molecule has 0 saturated carbocycles. The van der Waals surface area contributed by atoms with Gasteiger partial charge in [0.25, 0.3) is 0 Å². The Morgan fingerprint density at radius 2 is 2.15 bits per heavy atom. The second kappa shape index (κ2) is 8.41. The molecule has 1 aromatic rings. The summed E-state index contributed by atoms with van der Waals surface area (Å²) in [6.07, 6.45) is 4.01. The van der Waals surface area contributed by atoms with Crippen molar-refractivity contribution in [3.05, 3.63) is 36.4 Å². The van der Waals surface area contributed by atoms with E-state index in [0.29, 0.717) is 17.9 Å². The quantitative estimate of drug-likeness (QED) is 0.502. The molecular formula is C17H25NO2. The van der Waals surface area contributed by atoms with E-state index in [2.05, 4.69) is 25.3 Å². The van der Waals surface area contributed by atoms with E-state index in [-0.39, 0.29) is 5.78 Å². The Kier molecular flexibility index (Phi) is 6.85. The lowest BCUT2D eigenvalue weighted by atomic mass is 10.1. The van der Waals surface area contributed by atoms with Crippen molar-refractivity contribution in [1.82, 2.24) is 0 Å². The predicted molar refractivity (Wildman–Crippen MR) is 84.9 cm³/mol. The Balaban J connectivity index is 3.02. The number of carbonyl (C=O) groups excluding carboxylic acids is 1. The molecule has 0 heterocycles. The number of carbonyl (C=O) groups is 1. The van der Waals surface area contributed by atoms with Crippen LogP contribution in [-0.2, 0) is 0 Å². The molecule has 0 spiro atoms. The minimum Gasteiger partial charge on any atom is -0.489 e. The number of hydrogen-bond donors (Lipinski definition) is 0. The number of ether oxygens (including phenoxy) is 1. The fourth-order valence-electron chi connectivity index (χ4n) is 2.09. The number of unbranched alkanes of at least 4 members (excludes halogenated alkanes) is 1. The lowest BCUT2D eigenvalue weighted by molar-refractivity contribution is 0.101. The number of Topliss-reactive ketones (excluding diaryl/α,β-unsaturated/α-hetero) is 1. The number of nitrogens with zero attached hydrogens (tertiary/aromatic N) is 1. The summed E-state index contributed by atoms with van der Waals surface area (Å²) in [5, 5.41) is 0. The Hall–Kier alpha value is -1.77. The first-order chi connectivity index (χ1) is 9.63. The Morgan fingerprint density at radius 3 is 2.70 bits per heavy atom. The van der Waals surface area contributed by atoms with Gasteiger partial charge in [-0.3, -0.25) is 4.79 Å². The molecule has 0 aliphatic heterocycles. The van der Waals surface area contributed by atoms with Gasteiger partial charge in [0, 0.05) is 24.8 Å². The van der Waals surface area contributed by atoms with E-state index in [1.54, 1.807) is 13.0 Å². The van der Waals surface area contributed by atoms with E-state index in [1.807, 2.05) is 18.2 Å². The summed E-state index contributed by atoms with van der Waals surface area (Å²) < 4.78 is 5.62. The number of benzene rings is 1. The van der Waals surface area contributed by atoms with E-state index in [0.717, 1.165) is 25.2 Å². The first-order valence-corrected chi connectivity index (χ1v) is 7.27. The third-order valence-corrected chi connectivity index (χ3v) is 3.23. The smallest absolute Gasteiger partial charge is 0.163 e. The second-order valence-electron chi connectivity index (χ2n) is 4.77. The normalized spacial score (nSPS) is 10.2. The van der Waals surface area contributed by atoms with Gasteiger partial charge in [-0.25, -0.2) is 0 Å². The maximum absolute atomic E-state index is 11.6. The zero-order chi connectivity index (χ0) is 15.0. The summed E-state index contributed by atoms with van der Waals surface area (Å²) >= 11 is 0. The number of rotatable bonds is 9. The molecule has 0 aliphatic carbocycles. The van der Waals surface area contributed by atoms with Gasteiger partial charge in [-0.2, -0.15) is 0 Å². The molecule has 20 heavy (non-hydrogen) atoms. The average Bonchev–Trinajstić information content (AvgIpc) is 2.45. The summed E-state index contributed by atoms with van der Waals surface area (Å²) in [7, 11) is 0. The van der Waals surface area contributed by atoms with E-state index in [1.165, 1.54) is 6.42 Å². The fraction of sp³-hybridized carbons (Fsp3) is 0.471. The zero-order valence-electron chi connectivity index (χ0n) is 12.8. The van der Waals surface area contributed by atoms with Crippen LogP contribution < -0.4 is 9.64 Å². The van der Waals surface area contributed by atoms with Crippen molar-refractivity contribution in [1.29, 1.82) is 0 Å². The molecule has 0 unspecified atom stereocenters. The molecule has 1 rings (SSSR count). The maximum Gasteiger partial charge on any atom is 0.163 e. The molecule has 3 nitrogen and oxygen atoms in total. The van der Waals surface area contributed by atoms with Crippen LogP contribution in [0.2, 0.25) is 0 Å². The minimum atomic E-state index is 0.0206. The van der Waals surface area contributed by atoms with Gasteiger partial charge in [-0.15, -0.1) is 0 Å². The van der Waals surface area contributed by atoms with E-state index >= 15 is 0 Å². The topological polar surface area (TPSA) is 29.5 Å². The minimum absolute atomic E-state index is 0.0206. The van der Waals surface area contributed by atoms with Crippen molar-refractivity contribution in [2.24, 2.45) is 0 Å². The molecule has 0 saturated heterocycles. The van der Waals surface area contributed by atoms with Crippen molar-refractivity contribution in [3.63, 3.8) is 0 Å². The summed E-state index contributed by atoms with van der Waals surface area (Å²) in [6, 6.07) is 5.81. The first kappa shape index (κ1) is 16.3. The molecule has 0 N–H and O–H groups in total. The van der Waals surface area contributed by atoms with Crippen LogP contribution in [0.15, 0.2) is 30.9 Å². The van der Waals surface area contributed by atoms with E-state index in [4.69, 9.17) is 4.74 Å². The number of anilines is 1. The summed E-state index contributed by atoms with van der Waals surface area (Å²) in [5.41, 5.74) is 1.73. The van der Waals surface area contributed by atoms with Crippen LogP contribution in [0.1, 0.15) is 44.0 Å². The van der Waals surface area contributed by atoms with Crippen molar-refractivity contribution >= 4 is 11.5 Å². The average molecular weight is 275 g/mol. The van der Waals surface area contributed by atoms with Crippen molar-refractivity contribution in [2.75, 3.05) is 24.6 Å². The maximum atomic E-state index is 11.6. The standard InChI is InChI=1S/C17H25NO2/c1-5-8-11-18(7-3)15-9-10-16(14(4)19)17(13-15)20-12-6-2/h6,9-10,13H,2,5,7-8,11-12H2,1,3-4H3. The van der Waals surface area contributed by atoms with Crippen LogP contribution in [0.25, 0.3) is 0 Å². The lowest BCUT2D eigenvalue weighted by Gasteiger charge is -2.24. The first-order valence-electron chi connectivity index (χ1n) is 7.27. The monoisotopic (exact) mass is 275 g/mol. The summed E-state index contributed by atoms with van der Waals surface area (Å²) in [4.78, 5) is 13.9. The zero-order valence-corrected chi connectivity index (χ0v) is 12.8. The van der Waals surface area contributed by atoms with Crippen LogP contribution in [-0.4, -0.2) is 25.5 Å². The molecule has 0 fully saturated rings. The van der Waals surface area contributed by atoms with Gasteiger partial charge in [-0.05, 0) is 32.4 Å². The van der Waals surface area contributed by atoms with Crippen LogP contribution in [0.3, 0.4) is 0 Å². The number of hydrogen-bond acceptors (Lipinski definition) is 3. The molecule has 0 aliphatic rings. The third-order valence-electron chi connectivity index (χ3n) is 3.23. The summed E-state index contributed by atoms with van der Waals surface area (Å²) in [6.45, 7) is 11.9. The van der Waals surface area contributed by atoms with Gasteiger partial charge in [0.2, 0.25) is 0 Å².